The molecule has 0 amide bonds. The summed E-state index contributed by atoms with van der Waals surface area (Å²) in [5.41, 5.74) is 11.7. The van der Waals surface area contributed by atoms with Crippen molar-refractivity contribution in [2.75, 3.05) is 4.90 Å². The molecule has 10 aromatic rings. The summed E-state index contributed by atoms with van der Waals surface area (Å²) in [4.78, 5) is 2.37. The zero-order chi connectivity index (χ0) is 34.6. The van der Waals surface area contributed by atoms with Gasteiger partial charge in [0.1, 0.15) is 5.82 Å². The number of fused-ring (bicyclic) bond motifs is 6. The number of benzene rings is 8. The standard InChI is InChI=1S/C48H32FN3/c49-35-15-11-18-38(31-35)52-44-22-10-8-20-42(44)48-45(23-12-24-46(48)52)50(37-27-25-34(26-28-37)33-13-3-1-4-14-33)39-29-30-41-40-19-7-9-21-43(40)51(47(41)32-39)36-16-5-2-6-17-36/h1-32H. The van der Waals surface area contributed by atoms with Crippen LogP contribution in [0.3, 0.4) is 0 Å². The molecule has 0 saturated carbocycles. The molecule has 246 valence electrons. The van der Waals surface area contributed by atoms with Crippen LogP contribution in [0.25, 0.3) is 66.1 Å². The molecular weight excluding hydrogens is 638 g/mol. The van der Waals surface area contributed by atoms with Gasteiger partial charge in [-0.3, -0.25) is 0 Å². The average Bonchev–Trinajstić information content (AvgIpc) is 3.72. The maximum Gasteiger partial charge on any atom is 0.125 e. The lowest BCUT2D eigenvalue weighted by atomic mass is 10.0. The first kappa shape index (κ1) is 30.0. The van der Waals surface area contributed by atoms with Gasteiger partial charge in [0.15, 0.2) is 0 Å². The second-order valence-corrected chi connectivity index (χ2v) is 13.1. The minimum atomic E-state index is -0.262. The third kappa shape index (κ3) is 4.80. The molecule has 0 radical (unpaired) electrons. The van der Waals surface area contributed by atoms with Crippen LogP contribution in [-0.4, -0.2) is 9.13 Å². The molecule has 0 aliphatic heterocycles. The van der Waals surface area contributed by atoms with Gasteiger partial charge in [0.2, 0.25) is 0 Å². The number of rotatable bonds is 6. The predicted molar refractivity (Wildman–Crippen MR) is 215 cm³/mol. The quantitative estimate of drug-likeness (QED) is 0.172. The van der Waals surface area contributed by atoms with Crippen LogP contribution < -0.4 is 4.90 Å². The zero-order valence-electron chi connectivity index (χ0n) is 28.2. The van der Waals surface area contributed by atoms with Crippen molar-refractivity contribution in [1.29, 1.82) is 0 Å². The van der Waals surface area contributed by atoms with E-state index in [1.54, 1.807) is 12.1 Å². The average molecular weight is 670 g/mol. The lowest BCUT2D eigenvalue weighted by Gasteiger charge is -2.27. The molecule has 0 fully saturated rings. The number of para-hydroxylation sites is 3. The first-order chi connectivity index (χ1) is 25.7. The summed E-state index contributed by atoms with van der Waals surface area (Å²) < 4.78 is 19.2. The van der Waals surface area contributed by atoms with Crippen molar-refractivity contribution in [3.8, 4) is 22.5 Å². The molecule has 0 spiro atoms. The number of hydrogen-bond acceptors (Lipinski definition) is 1. The zero-order valence-corrected chi connectivity index (χ0v) is 28.2. The van der Waals surface area contributed by atoms with E-state index in [-0.39, 0.29) is 5.82 Å². The fourth-order valence-electron chi connectivity index (χ4n) is 7.89. The summed E-state index contributed by atoms with van der Waals surface area (Å²) in [7, 11) is 0. The maximum atomic E-state index is 14.7. The van der Waals surface area contributed by atoms with Crippen LogP contribution in [0.5, 0.6) is 0 Å². The Balaban J connectivity index is 1.26. The molecule has 8 aromatic carbocycles. The van der Waals surface area contributed by atoms with Crippen LogP contribution in [0.15, 0.2) is 194 Å². The summed E-state index contributed by atoms with van der Waals surface area (Å²) >= 11 is 0. The second-order valence-electron chi connectivity index (χ2n) is 13.1. The van der Waals surface area contributed by atoms with Gasteiger partial charge in [0.05, 0.1) is 27.8 Å². The summed E-state index contributed by atoms with van der Waals surface area (Å²) in [6.07, 6.45) is 0. The third-order valence-electron chi connectivity index (χ3n) is 10.1. The van der Waals surface area contributed by atoms with Crippen molar-refractivity contribution >= 4 is 60.7 Å². The molecule has 3 nitrogen and oxygen atoms in total. The van der Waals surface area contributed by atoms with Gasteiger partial charge < -0.3 is 14.0 Å². The van der Waals surface area contributed by atoms with Gasteiger partial charge in [-0.15, -0.1) is 0 Å². The van der Waals surface area contributed by atoms with E-state index in [0.29, 0.717) is 0 Å². The molecule has 2 aromatic heterocycles. The highest BCUT2D eigenvalue weighted by molar-refractivity contribution is 6.17. The highest BCUT2D eigenvalue weighted by Gasteiger charge is 2.22. The normalized spacial score (nSPS) is 11.6. The molecule has 0 N–H and O–H groups in total. The Labute approximate surface area is 300 Å². The summed E-state index contributed by atoms with van der Waals surface area (Å²) in [5, 5.41) is 4.61. The van der Waals surface area contributed by atoms with Gasteiger partial charge in [-0.2, -0.15) is 0 Å². The van der Waals surface area contributed by atoms with E-state index < -0.39 is 0 Å². The minimum Gasteiger partial charge on any atom is -0.310 e. The van der Waals surface area contributed by atoms with E-state index >= 15 is 0 Å². The van der Waals surface area contributed by atoms with Gasteiger partial charge in [0.25, 0.3) is 0 Å². The highest BCUT2D eigenvalue weighted by atomic mass is 19.1. The molecule has 0 atom stereocenters. The van der Waals surface area contributed by atoms with E-state index in [1.165, 1.54) is 27.9 Å². The number of nitrogens with zero attached hydrogens (tertiary/aromatic N) is 3. The first-order valence-electron chi connectivity index (χ1n) is 17.6. The Morgan fingerprint density at radius 3 is 1.69 bits per heavy atom. The van der Waals surface area contributed by atoms with E-state index in [0.717, 1.165) is 61.3 Å². The molecular formula is C48H32FN3. The summed E-state index contributed by atoms with van der Waals surface area (Å²) in [6, 6.07) is 67.0. The maximum absolute atomic E-state index is 14.7. The first-order valence-corrected chi connectivity index (χ1v) is 17.6. The highest BCUT2D eigenvalue weighted by Crippen LogP contribution is 2.45. The van der Waals surface area contributed by atoms with Crippen molar-refractivity contribution in [2.45, 2.75) is 0 Å². The number of anilines is 3. The molecule has 10 rings (SSSR count). The van der Waals surface area contributed by atoms with Crippen molar-refractivity contribution < 1.29 is 4.39 Å². The SMILES string of the molecule is Fc1cccc(-n2c3ccccc3c3c(N(c4ccc(-c5ccccc5)cc4)c4ccc5c6ccccc6n(-c6ccccc6)c5c4)cccc32)c1. The third-order valence-corrected chi connectivity index (χ3v) is 10.1. The Morgan fingerprint density at radius 2 is 0.923 bits per heavy atom. The molecule has 52 heavy (non-hydrogen) atoms. The van der Waals surface area contributed by atoms with Crippen molar-refractivity contribution in [3.05, 3.63) is 200 Å². The van der Waals surface area contributed by atoms with E-state index in [9.17, 15) is 4.39 Å². The van der Waals surface area contributed by atoms with Gasteiger partial charge in [-0.1, -0.05) is 115 Å². The second kappa shape index (κ2) is 12.1. The van der Waals surface area contributed by atoms with Gasteiger partial charge >= 0.3 is 0 Å². The van der Waals surface area contributed by atoms with Crippen LogP contribution in [0.1, 0.15) is 0 Å². The Kier molecular flexibility index (Phi) is 7.00. The van der Waals surface area contributed by atoms with Crippen molar-refractivity contribution in [3.63, 3.8) is 0 Å². The fraction of sp³-hybridized carbons (Fsp3) is 0. The predicted octanol–water partition coefficient (Wildman–Crippen LogP) is 13.2. The Hall–Kier alpha value is -6.91. The van der Waals surface area contributed by atoms with Gasteiger partial charge in [-0.05, 0) is 90.0 Å². The van der Waals surface area contributed by atoms with Crippen LogP contribution in [0, 0.1) is 5.82 Å². The topological polar surface area (TPSA) is 13.1 Å². The van der Waals surface area contributed by atoms with Crippen molar-refractivity contribution in [1.82, 2.24) is 9.13 Å². The number of halogens is 1. The van der Waals surface area contributed by atoms with Crippen LogP contribution in [0.4, 0.5) is 21.5 Å². The van der Waals surface area contributed by atoms with Crippen LogP contribution in [0.2, 0.25) is 0 Å². The van der Waals surface area contributed by atoms with E-state index in [1.807, 2.05) is 18.2 Å². The lowest BCUT2D eigenvalue weighted by molar-refractivity contribution is 0.627. The van der Waals surface area contributed by atoms with E-state index in [2.05, 4.69) is 172 Å². The smallest absolute Gasteiger partial charge is 0.125 e. The van der Waals surface area contributed by atoms with Gasteiger partial charge in [-0.25, -0.2) is 4.39 Å². The molecule has 0 aliphatic carbocycles. The largest absolute Gasteiger partial charge is 0.310 e. The molecule has 0 bridgehead atoms. The fourth-order valence-corrected chi connectivity index (χ4v) is 7.89. The van der Waals surface area contributed by atoms with E-state index in [4.69, 9.17) is 0 Å². The number of aromatic nitrogens is 2. The molecule has 2 heterocycles. The van der Waals surface area contributed by atoms with Crippen LogP contribution >= 0.6 is 0 Å². The molecule has 4 heteroatoms. The minimum absolute atomic E-state index is 0.262. The monoisotopic (exact) mass is 669 g/mol. The molecule has 0 unspecified atom stereocenters. The Bertz CT molecular complexity index is 2900. The van der Waals surface area contributed by atoms with Gasteiger partial charge in [0, 0.05) is 44.3 Å². The molecule has 0 aliphatic rings. The summed E-state index contributed by atoms with van der Waals surface area (Å²) in [6.45, 7) is 0. The molecule has 0 saturated heterocycles. The van der Waals surface area contributed by atoms with Crippen LogP contribution in [-0.2, 0) is 0 Å². The lowest BCUT2D eigenvalue weighted by Crippen LogP contribution is -2.10. The Morgan fingerprint density at radius 1 is 0.365 bits per heavy atom. The summed E-state index contributed by atoms with van der Waals surface area (Å²) in [5.74, 6) is -0.262. The number of hydrogen-bond donors (Lipinski definition) is 0. The van der Waals surface area contributed by atoms with Crippen molar-refractivity contribution in [2.24, 2.45) is 0 Å².